The molecule has 1 aromatic heterocycles. The molecule has 6 heteroatoms. The smallest absolute Gasteiger partial charge is 0.234 e. The summed E-state index contributed by atoms with van der Waals surface area (Å²) in [7, 11) is 0. The van der Waals surface area contributed by atoms with Crippen molar-refractivity contribution in [1.82, 2.24) is 10.1 Å². The van der Waals surface area contributed by atoms with Gasteiger partial charge in [-0.05, 0) is 12.8 Å². The van der Waals surface area contributed by atoms with E-state index in [0.717, 1.165) is 6.42 Å². The van der Waals surface area contributed by atoms with Crippen molar-refractivity contribution in [3.63, 3.8) is 0 Å². The van der Waals surface area contributed by atoms with Crippen LogP contribution in [0, 0.1) is 0 Å². The molecule has 1 saturated heterocycles. The van der Waals surface area contributed by atoms with Crippen LogP contribution in [0.15, 0.2) is 4.52 Å². The van der Waals surface area contributed by atoms with Gasteiger partial charge in [0.1, 0.15) is 6.61 Å². The molecule has 96 valence electrons. The van der Waals surface area contributed by atoms with Crippen molar-refractivity contribution < 1.29 is 19.1 Å². The number of hydrogen-bond donors (Lipinski definition) is 1. The van der Waals surface area contributed by atoms with Crippen LogP contribution in [0.1, 0.15) is 37.4 Å². The number of nitrogens with zero attached hydrogens (tertiary/aromatic N) is 2. The second kappa shape index (κ2) is 6.09. The van der Waals surface area contributed by atoms with E-state index < -0.39 is 6.10 Å². The van der Waals surface area contributed by atoms with Gasteiger partial charge < -0.3 is 19.1 Å². The number of ether oxygens (including phenoxy) is 2. The standard InChI is InChI=1S/C11H18N2O4/c1-2-4-15-7-10-12-11(17-13-10)8-6-16-5-3-9(8)14/h8-9,14H,2-7H2,1H3. The average Bonchev–Trinajstić information content (AvgIpc) is 2.79. The van der Waals surface area contributed by atoms with E-state index in [-0.39, 0.29) is 5.92 Å². The maximum absolute atomic E-state index is 9.81. The van der Waals surface area contributed by atoms with E-state index in [2.05, 4.69) is 10.1 Å². The second-order valence-electron chi connectivity index (χ2n) is 4.14. The van der Waals surface area contributed by atoms with Crippen molar-refractivity contribution in [3.8, 4) is 0 Å². The van der Waals surface area contributed by atoms with Crippen LogP contribution < -0.4 is 0 Å². The molecule has 2 atom stereocenters. The van der Waals surface area contributed by atoms with Crippen molar-refractivity contribution >= 4 is 0 Å². The highest BCUT2D eigenvalue weighted by molar-refractivity contribution is 4.98. The summed E-state index contributed by atoms with van der Waals surface area (Å²) in [5.74, 6) is 0.745. The number of aliphatic hydroxyl groups excluding tert-OH is 1. The van der Waals surface area contributed by atoms with Crippen molar-refractivity contribution in [2.24, 2.45) is 0 Å². The third kappa shape index (κ3) is 3.24. The fraction of sp³-hybridized carbons (Fsp3) is 0.818. The Bertz CT molecular complexity index is 342. The van der Waals surface area contributed by atoms with Gasteiger partial charge in [0, 0.05) is 13.2 Å². The lowest BCUT2D eigenvalue weighted by molar-refractivity contribution is -0.0149. The Hall–Kier alpha value is -0.980. The molecule has 6 nitrogen and oxygen atoms in total. The molecule has 0 spiro atoms. The zero-order valence-corrected chi connectivity index (χ0v) is 9.96. The van der Waals surface area contributed by atoms with E-state index in [1.54, 1.807) is 0 Å². The highest BCUT2D eigenvalue weighted by Crippen LogP contribution is 2.24. The summed E-state index contributed by atoms with van der Waals surface area (Å²) < 4.78 is 15.7. The Morgan fingerprint density at radius 2 is 2.41 bits per heavy atom. The fourth-order valence-corrected chi connectivity index (χ4v) is 1.75. The van der Waals surface area contributed by atoms with Crippen LogP contribution in [-0.2, 0) is 16.1 Å². The third-order valence-corrected chi connectivity index (χ3v) is 2.70. The summed E-state index contributed by atoms with van der Waals surface area (Å²) in [4.78, 5) is 4.21. The van der Waals surface area contributed by atoms with Gasteiger partial charge in [-0.1, -0.05) is 12.1 Å². The van der Waals surface area contributed by atoms with Crippen molar-refractivity contribution in [1.29, 1.82) is 0 Å². The molecule has 0 bridgehead atoms. The fourth-order valence-electron chi connectivity index (χ4n) is 1.75. The Balaban J connectivity index is 1.92. The van der Waals surface area contributed by atoms with Crippen molar-refractivity contribution in [3.05, 3.63) is 11.7 Å². The molecule has 1 fully saturated rings. The molecule has 0 aromatic carbocycles. The monoisotopic (exact) mass is 242 g/mol. The van der Waals surface area contributed by atoms with E-state index >= 15 is 0 Å². The number of hydrogen-bond acceptors (Lipinski definition) is 6. The average molecular weight is 242 g/mol. The largest absolute Gasteiger partial charge is 0.392 e. The van der Waals surface area contributed by atoms with E-state index in [0.29, 0.717) is 44.6 Å². The molecule has 17 heavy (non-hydrogen) atoms. The Labute approximate surface area is 99.9 Å². The molecule has 1 aromatic rings. The molecule has 0 radical (unpaired) electrons. The first-order valence-electron chi connectivity index (χ1n) is 5.97. The van der Waals surface area contributed by atoms with Crippen LogP contribution in [0.5, 0.6) is 0 Å². The first-order chi connectivity index (χ1) is 8.31. The van der Waals surface area contributed by atoms with Gasteiger partial charge in [-0.15, -0.1) is 0 Å². The minimum absolute atomic E-state index is 0.212. The quantitative estimate of drug-likeness (QED) is 0.772. The van der Waals surface area contributed by atoms with Crippen molar-refractivity contribution in [2.45, 2.75) is 38.4 Å². The van der Waals surface area contributed by atoms with E-state index in [1.807, 2.05) is 6.92 Å². The van der Waals surface area contributed by atoms with Crippen LogP contribution in [0.4, 0.5) is 0 Å². The lowest BCUT2D eigenvalue weighted by Gasteiger charge is -2.24. The Kier molecular flexibility index (Phi) is 4.47. The summed E-state index contributed by atoms with van der Waals surface area (Å²) in [6.45, 7) is 4.08. The van der Waals surface area contributed by atoms with E-state index in [9.17, 15) is 5.11 Å². The molecule has 2 heterocycles. The second-order valence-corrected chi connectivity index (χ2v) is 4.14. The SMILES string of the molecule is CCCOCc1noc(C2COCCC2O)n1. The maximum atomic E-state index is 9.81. The minimum Gasteiger partial charge on any atom is -0.392 e. The van der Waals surface area contributed by atoms with E-state index in [4.69, 9.17) is 14.0 Å². The van der Waals surface area contributed by atoms with Gasteiger partial charge >= 0.3 is 0 Å². The molecular formula is C11H18N2O4. The van der Waals surface area contributed by atoms with Gasteiger partial charge in [-0.2, -0.15) is 4.98 Å². The van der Waals surface area contributed by atoms with E-state index in [1.165, 1.54) is 0 Å². The normalized spacial score (nSPS) is 25.1. The number of rotatable bonds is 5. The summed E-state index contributed by atoms with van der Waals surface area (Å²) in [5.41, 5.74) is 0. The minimum atomic E-state index is -0.464. The molecule has 0 amide bonds. The lowest BCUT2D eigenvalue weighted by atomic mass is 9.99. The topological polar surface area (TPSA) is 77.6 Å². The summed E-state index contributed by atoms with van der Waals surface area (Å²) >= 11 is 0. The summed E-state index contributed by atoms with van der Waals surface area (Å²) in [5, 5.41) is 13.6. The van der Waals surface area contributed by atoms with Crippen LogP contribution in [0.2, 0.25) is 0 Å². The van der Waals surface area contributed by atoms with Crippen LogP contribution in [0.3, 0.4) is 0 Å². The Morgan fingerprint density at radius 3 is 3.18 bits per heavy atom. The molecule has 1 aliphatic rings. The third-order valence-electron chi connectivity index (χ3n) is 2.70. The van der Waals surface area contributed by atoms with Crippen LogP contribution in [-0.4, -0.2) is 41.2 Å². The van der Waals surface area contributed by atoms with Gasteiger partial charge in [-0.25, -0.2) is 0 Å². The molecule has 2 unspecified atom stereocenters. The van der Waals surface area contributed by atoms with Gasteiger partial charge in [0.15, 0.2) is 5.82 Å². The van der Waals surface area contributed by atoms with Crippen LogP contribution in [0.25, 0.3) is 0 Å². The predicted octanol–water partition coefficient (Wildman–Crippen LogP) is 0.861. The summed E-state index contributed by atoms with van der Waals surface area (Å²) in [6, 6.07) is 0. The van der Waals surface area contributed by atoms with Gasteiger partial charge in [0.05, 0.1) is 18.6 Å². The molecular weight excluding hydrogens is 224 g/mol. The first kappa shape index (κ1) is 12.5. The molecule has 0 aliphatic carbocycles. The maximum Gasteiger partial charge on any atom is 0.234 e. The molecule has 1 aliphatic heterocycles. The zero-order chi connectivity index (χ0) is 12.1. The Morgan fingerprint density at radius 1 is 1.53 bits per heavy atom. The molecule has 0 saturated carbocycles. The first-order valence-corrected chi connectivity index (χ1v) is 5.97. The predicted molar refractivity (Wildman–Crippen MR) is 58.4 cm³/mol. The van der Waals surface area contributed by atoms with Crippen LogP contribution >= 0.6 is 0 Å². The lowest BCUT2D eigenvalue weighted by Crippen LogP contribution is -2.30. The number of aromatic nitrogens is 2. The highest BCUT2D eigenvalue weighted by Gasteiger charge is 2.30. The van der Waals surface area contributed by atoms with Gasteiger partial charge in [0.25, 0.3) is 0 Å². The molecule has 1 N–H and O–H groups in total. The summed E-state index contributed by atoms with van der Waals surface area (Å²) in [6.07, 6.45) is 1.10. The highest BCUT2D eigenvalue weighted by atomic mass is 16.5. The zero-order valence-electron chi connectivity index (χ0n) is 9.96. The van der Waals surface area contributed by atoms with Crippen molar-refractivity contribution in [2.75, 3.05) is 19.8 Å². The molecule has 2 rings (SSSR count). The van der Waals surface area contributed by atoms with Gasteiger partial charge in [-0.3, -0.25) is 0 Å². The number of aliphatic hydroxyl groups is 1. The van der Waals surface area contributed by atoms with Gasteiger partial charge in [0.2, 0.25) is 5.89 Å².